The Morgan fingerprint density at radius 2 is 1.90 bits per heavy atom. The van der Waals surface area contributed by atoms with E-state index in [9.17, 15) is 4.79 Å². The van der Waals surface area contributed by atoms with E-state index in [4.69, 9.17) is 14.7 Å². The monoisotopic (exact) mass is 386 g/mol. The minimum atomic E-state index is -0.186. The number of hydrogen-bond acceptors (Lipinski definition) is 4. The van der Waals surface area contributed by atoms with Gasteiger partial charge in [0.2, 0.25) is 5.91 Å². The first kappa shape index (κ1) is 20.0. The molecule has 0 saturated carbocycles. The van der Waals surface area contributed by atoms with Crippen molar-refractivity contribution in [2.24, 2.45) is 0 Å². The van der Waals surface area contributed by atoms with Gasteiger partial charge in [-0.25, -0.2) is 0 Å². The van der Waals surface area contributed by atoms with Gasteiger partial charge in [-0.05, 0) is 53.1 Å². The van der Waals surface area contributed by atoms with Crippen LogP contribution in [0.3, 0.4) is 0 Å². The van der Waals surface area contributed by atoms with E-state index in [1.807, 2.05) is 31.2 Å². The number of nitriles is 1. The van der Waals surface area contributed by atoms with Crippen molar-refractivity contribution < 1.29 is 14.3 Å². The molecule has 5 nitrogen and oxygen atoms in total. The van der Waals surface area contributed by atoms with Gasteiger partial charge >= 0.3 is 0 Å². The summed E-state index contributed by atoms with van der Waals surface area (Å²) in [5.41, 5.74) is 1.84. The highest BCUT2D eigenvalue weighted by molar-refractivity contribution is 5.92. The van der Waals surface area contributed by atoms with Crippen molar-refractivity contribution >= 4 is 22.8 Å². The molecule has 0 radical (unpaired) electrons. The van der Waals surface area contributed by atoms with E-state index in [2.05, 4.69) is 29.6 Å². The van der Waals surface area contributed by atoms with Crippen LogP contribution in [0.5, 0.6) is 11.5 Å². The van der Waals surface area contributed by atoms with Crippen LogP contribution in [-0.2, 0) is 4.79 Å². The Kier molecular flexibility index (Phi) is 6.49. The summed E-state index contributed by atoms with van der Waals surface area (Å²) in [5, 5.41) is 13.9. The molecule has 29 heavy (non-hydrogen) atoms. The maximum Gasteiger partial charge on any atom is 0.244 e. The van der Waals surface area contributed by atoms with Crippen LogP contribution in [-0.4, -0.2) is 19.6 Å². The van der Waals surface area contributed by atoms with E-state index >= 15 is 0 Å². The highest BCUT2D eigenvalue weighted by Crippen LogP contribution is 2.28. The maximum atomic E-state index is 12.3. The molecule has 0 saturated heterocycles. The molecule has 0 fully saturated rings. The Labute approximate surface area is 170 Å². The molecule has 1 atom stereocenters. The zero-order valence-corrected chi connectivity index (χ0v) is 16.4. The van der Waals surface area contributed by atoms with Gasteiger partial charge in [-0.15, -0.1) is 0 Å². The average Bonchev–Trinajstić information content (AvgIpc) is 2.76. The normalized spacial score (nSPS) is 11.8. The molecule has 0 aliphatic rings. The van der Waals surface area contributed by atoms with Crippen molar-refractivity contribution in [1.29, 1.82) is 5.26 Å². The minimum Gasteiger partial charge on any atom is -0.493 e. The second-order valence-electron chi connectivity index (χ2n) is 6.53. The van der Waals surface area contributed by atoms with Crippen molar-refractivity contribution in [1.82, 2.24) is 5.32 Å². The van der Waals surface area contributed by atoms with Crippen LogP contribution in [0.2, 0.25) is 0 Å². The van der Waals surface area contributed by atoms with E-state index in [-0.39, 0.29) is 18.6 Å². The third-order valence-electron chi connectivity index (χ3n) is 4.54. The number of ether oxygens (including phenoxy) is 2. The van der Waals surface area contributed by atoms with Gasteiger partial charge < -0.3 is 14.8 Å². The van der Waals surface area contributed by atoms with Crippen LogP contribution in [0.4, 0.5) is 0 Å². The molecule has 1 amide bonds. The van der Waals surface area contributed by atoms with Gasteiger partial charge in [0.15, 0.2) is 18.1 Å². The summed E-state index contributed by atoms with van der Waals surface area (Å²) in [6.07, 6.45) is 3.20. The first-order valence-electron chi connectivity index (χ1n) is 9.26. The van der Waals surface area contributed by atoms with E-state index < -0.39 is 0 Å². The predicted molar refractivity (Wildman–Crippen MR) is 114 cm³/mol. The van der Waals surface area contributed by atoms with Gasteiger partial charge in [0.25, 0.3) is 0 Å². The van der Waals surface area contributed by atoms with Crippen molar-refractivity contribution in [3.8, 4) is 17.6 Å². The fraction of sp³-hybridized carbons (Fsp3) is 0.167. The first-order valence-corrected chi connectivity index (χ1v) is 9.26. The number of amides is 1. The van der Waals surface area contributed by atoms with Gasteiger partial charge in [-0.2, -0.15) is 5.26 Å². The summed E-state index contributed by atoms with van der Waals surface area (Å²) in [5.74, 6) is 0.808. The lowest BCUT2D eigenvalue weighted by Crippen LogP contribution is -2.24. The molecular weight excluding hydrogens is 364 g/mol. The summed E-state index contributed by atoms with van der Waals surface area (Å²) >= 11 is 0. The van der Waals surface area contributed by atoms with Gasteiger partial charge in [-0.1, -0.05) is 42.5 Å². The molecule has 3 aromatic carbocycles. The Hall–Kier alpha value is -3.78. The van der Waals surface area contributed by atoms with E-state index in [0.717, 1.165) is 16.5 Å². The van der Waals surface area contributed by atoms with Crippen molar-refractivity contribution in [2.45, 2.75) is 13.0 Å². The summed E-state index contributed by atoms with van der Waals surface area (Å²) in [4.78, 5) is 12.3. The van der Waals surface area contributed by atoms with Gasteiger partial charge in [0.1, 0.15) is 6.07 Å². The Bertz CT molecular complexity index is 1080. The third-order valence-corrected chi connectivity index (χ3v) is 4.54. The van der Waals surface area contributed by atoms with Gasteiger partial charge in [0, 0.05) is 6.08 Å². The molecule has 146 valence electrons. The van der Waals surface area contributed by atoms with Crippen molar-refractivity contribution in [3.63, 3.8) is 0 Å². The SMILES string of the molecule is COc1cc(/C=C/C(=O)NC(C)c2ccc3ccccc3c2)ccc1OCC#N. The fourth-order valence-corrected chi connectivity index (χ4v) is 3.01. The van der Waals surface area contributed by atoms with E-state index in [1.54, 1.807) is 24.3 Å². The second-order valence-corrected chi connectivity index (χ2v) is 6.53. The highest BCUT2D eigenvalue weighted by Gasteiger charge is 2.09. The summed E-state index contributed by atoms with van der Waals surface area (Å²) in [7, 11) is 1.53. The zero-order valence-electron chi connectivity index (χ0n) is 16.4. The molecule has 5 heteroatoms. The number of hydrogen-bond donors (Lipinski definition) is 1. The van der Waals surface area contributed by atoms with Crippen LogP contribution in [0, 0.1) is 11.3 Å². The zero-order chi connectivity index (χ0) is 20.6. The standard InChI is InChI=1S/C24H22N2O3/c1-17(20-10-9-19-5-3-4-6-21(19)16-20)26-24(27)12-8-18-7-11-22(29-14-13-25)23(15-18)28-2/h3-12,15-17H,14H2,1-2H3,(H,26,27)/b12-8+. The van der Waals surface area contributed by atoms with Crippen LogP contribution in [0.15, 0.2) is 66.7 Å². The lowest BCUT2D eigenvalue weighted by Gasteiger charge is -2.14. The Morgan fingerprint density at radius 1 is 1.10 bits per heavy atom. The molecule has 0 spiro atoms. The molecule has 0 aromatic heterocycles. The molecule has 1 unspecified atom stereocenters. The quantitative estimate of drug-likeness (QED) is 0.601. The van der Waals surface area contributed by atoms with Gasteiger partial charge in [0.05, 0.1) is 13.2 Å². The summed E-state index contributed by atoms with van der Waals surface area (Å²) in [6, 6.07) is 21.4. The van der Waals surface area contributed by atoms with Crippen LogP contribution in [0.1, 0.15) is 24.1 Å². The molecule has 0 aliphatic heterocycles. The maximum absolute atomic E-state index is 12.3. The fourth-order valence-electron chi connectivity index (χ4n) is 3.01. The molecule has 0 heterocycles. The number of nitrogens with zero attached hydrogens (tertiary/aromatic N) is 1. The molecule has 3 aromatic rings. The second kappa shape index (κ2) is 9.43. The molecular formula is C24H22N2O3. The smallest absolute Gasteiger partial charge is 0.244 e. The number of benzene rings is 3. The van der Waals surface area contributed by atoms with E-state index in [1.165, 1.54) is 18.6 Å². The molecule has 0 bridgehead atoms. The Balaban J connectivity index is 1.66. The lowest BCUT2D eigenvalue weighted by molar-refractivity contribution is -0.117. The first-order chi connectivity index (χ1) is 14.1. The van der Waals surface area contributed by atoms with Crippen molar-refractivity contribution in [2.75, 3.05) is 13.7 Å². The summed E-state index contributed by atoms with van der Waals surface area (Å²) < 4.78 is 10.6. The number of carbonyl (C=O) groups excluding carboxylic acids is 1. The predicted octanol–water partition coefficient (Wildman–Crippen LogP) is 4.64. The minimum absolute atomic E-state index is 0.0549. The highest BCUT2D eigenvalue weighted by atomic mass is 16.5. The number of rotatable bonds is 7. The van der Waals surface area contributed by atoms with E-state index in [0.29, 0.717) is 11.5 Å². The number of carbonyl (C=O) groups is 1. The summed E-state index contributed by atoms with van der Waals surface area (Å²) in [6.45, 7) is 1.90. The number of fused-ring (bicyclic) bond motifs is 1. The number of methoxy groups -OCH3 is 1. The van der Waals surface area contributed by atoms with Crippen LogP contribution < -0.4 is 14.8 Å². The largest absolute Gasteiger partial charge is 0.493 e. The topological polar surface area (TPSA) is 71.3 Å². The molecule has 3 rings (SSSR count). The number of nitrogens with one attached hydrogen (secondary N) is 1. The van der Waals surface area contributed by atoms with Crippen LogP contribution >= 0.6 is 0 Å². The van der Waals surface area contributed by atoms with Crippen LogP contribution in [0.25, 0.3) is 16.8 Å². The molecule has 0 aliphatic carbocycles. The van der Waals surface area contributed by atoms with Crippen molar-refractivity contribution in [3.05, 3.63) is 77.9 Å². The van der Waals surface area contributed by atoms with Gasteiger partial charge in [-0.3, -0.25) is 4.79 Å². The average molecular weight is 386 g/mol. The molecule has 1 N–H and O–H groups in total. The lowest BCUT2D eigenvalue weighted by atomic mass is 10.0. The Morgan fingerprint density at radius 3 is 2.66 bits per heavy atom. The third kappa shape index (κ3) is 5.14.